The summed E-state index contributed by atoms with van der Waals surface area (Å²) in [7, 11) is 0. The summed E-state index contributed by atoms with van der Waals surface area (Å²) in [6, 6.07) is 6.76. The van der Waals surface area contributed by atoms with Crippen LogP contribution in [0.4, 0.5) is 0 Å². The van der Waals surface area contributed by atoms with Gasteiger partial charge in [0.25, 0.3) is 0 Å². The fraction of sp³-hybridized carbons (Fsp3) is 0.647. The highest BCUT2D eigenvalue weighted by atomic mass is 16.6. The number of hydrogen-bond acceptors (Lipinski definition) is 3. The number of rotatable bonds is 7. The lowest BCUT2D eigenvalue weighted by atomic mass is 9.94. The van der Waals surface area contributed by atoms with Crippen molar-refractivity contribution in [1.29, 1.82) is 0 Å². The Bertz CT molecular complexity index is 419. The third kappa shape index (κ3) is 3.89. The van der Waals surface area contributed by atoms with Crippen LogP contribution in [0.5, 0.6) is 11.5 Å². The van der Waals surface area contributed by atoms with Gasteiger partial charge in [-0.25, -0.2) is 0 Å². The van der Waals surface area contributed by atoms with Gasteiger partial charge in [-0.2, -0.15) is 0 Å². The Kier molecular flexibility index (Phi) is 5.72. The summed E-state index contributed by atoms with van der Waals surface area (Å²) in [5.41, 5.74) is 1.31. The van der Waals surface area contributed by atoms with Gasteiger partial charge in [-0.1, -0.05) is 33.3 Å². The lowest BCUT2D eigenvalue weighted by molar-refractivity contribution is 0.171. The molecule has 1 aromatic rings. The van der Waals surface area contributed by atoms with Crippen LogP contribution >= 0.6 is 0 Å². The highest BCUT2D eigenvalue weighted by molar-refractivity contribution is 5.44. The van der Waals surface area contributed by atoms with Gasteiger partial charge in [0.2, 0.25) is 0 Å². The Morgan fingerprint density at radius 3 is 2.60 bits per heavy atom. The van der Waals surface area contributed by atoms with E-state index in [4.69, 9.17) is 9.47 Å². The Morgan fingerprint density at radius 2 is 1.90 bits per heavy atom. The van der Waals surface area contributed by atoms with Gasteiger partial charge in [0.15, 0.2) is 11.5 Å². The maximum Gasteiger partial charge on any atom is 0.161 e. The van der Waals surface area contributed by atoms with Crippen LogP contribution in [0.15, 0.2) is 18.2 Å². The second kappa shape index (κ2) is 7.53. The van der Waals surface area contributed by atoms with Crippen molar-refractivity contribution in [2.45, 2.75) is 46.1 Å². The molecule has 3 nitrogen and oxygen atoms in total. The molecule has 0 spiro atoms. The minimum Gasteiger partial charge on any atom is -0.486 e. The van der Waals surface area contributed by atoms with E-state index < -0.39 is 0 Å². The van der Waals surface area contributed by atoms with Crippen molar-refractivity contribution in [2.24, 2.45) is 5.92 Å². The second-order valence-electron chi connectivity index (χ2n) is 5.66. The van der Waals surface area contributed by atoms with Crippen molar-refractivity contribution in [2.75, 3.05) is 19.8 Å². The maximum atomic E-state index is 5.70. The largest absolute Gasteiger partial charge is 0.486 e. The number of fused-ring (bicyclic) bond motifs is 1. The van der Waals surface area contributed by atoms with E-state index in [0.717, 1.165) is 36.8 Å². The van der Waals surface area contributed by atoms with Gasteiger partial charge in [-0.05, 0) is 43.0 Å². The predicted molar refractivity (Wildman–Crippen MR) is 82.5 cm³/mol. The topological polar surface area (TPSA) is 30.5 Å². The maximum absolute atomic E-state index is 5.70. The second-order valence-corrected chi connectivity index (χ2v) is 5.66. The summed E-state index contributed by atoms with van der Waals surface area (Å²) >= 11 is 0. The van der Waals surface area contributed by atoms with E-state index in [0.29, 0.717) is 19.3 Å². The van der Waals surface area contributed by atoms with Crippen molar-refractivity contribution in [3.63, 3.8) is 0 Å². The molecule has 3 heteroatoms. The molecule has 1 aliphatic heterocycles. The monoisotopic (exact) mass is 277 g/mol. The van der Waals surface area contributed by atoms with Crippen LogP contribution in [-0.4, -0.2) is 19.8 Å². The van der Waals surface area contributed by atoms with Crippen LogP contribution in [0, 0.1) is 5.92 Å². The van der Waals surface area contributed by atoms with E-state index in [1.165, 1.54) is 12.0 Å². The van der Waals surface area contributed by atoms with Gasteiger partial charge in [-0.15, -0.1) is 0 Å². The number of hydrogen-bond donors (Lipinski definition) is 1. The standard InChI is InChI=1S/C17H27NO2/c1-4-8-18-15(11-13(3)5-2)14-6-7-16-17(12-14)20-10-9-19-16/h6-7,12-13,15,18H,4-5,8-11H2,1-3H3. The van der Waals surface area contributed by atoms with E-state index >= 15 is 0 Å². The third-order valence-corrected chi connectivity index (χ3v) is 3.94. The van der Waals surface area contributed by atoms with E-state index in [-0.39, 0.29) is 0 Å². The van der Waals surface area contributed by atoms with E-state index in [9.17, 15) is 0 Å². The smallest absolute Gasteiger partial charge is 0.161 e. The Hall–Kier alpha value is -1.22. The van der Waals surface area contributed by atoms with Crippen molar-refractivity contribution in [3.05, 3.63) is 23.8 Å². The predicted octanol–water partition coefficient (Wildman–Crippen LogP) is 3.93. The molecule has 0 radical (unpaired) electrons. The van der Waals surface area contributed by atoms with Gasteiger partial charge in [0, 0.05) is 6.04 Å². The van der Waals surface area contributed by atoms with Gasteiger partial charge in [0.05, 0.1) is 0 Å². The van der Waals surface area contributed by atoms with Crippen molar-refractivity contribution in [1.82, 2.24) is 5.32 Å². The van der Waals surface area contributed by atoms with Gasteiger partial charge >= 0.3 is 0 Å². The number of nitrogens with one attached hydrogen (secondary N) is 1. The summed E-state index contributed by atoms with van der Waals surface area (Å²) in [6.45, 7) is 9.13. The first-order chi connectivity index (χ1) is 9.74. The van der Waals surface area contributed by atoms with Crippen molar-refractivity contribution < 1.29 is 9.47 Å². The molecule has 0 fully saturated rings. The summed E-state index contributed by atoms with van der Waals surface area (Å²) in [4.78, 5) is 0. The first-order valence-electron chi connectivity index (χ1n) is 7.87. The van der Waals surface area contributed by atoms with Crippen LogP contribution in [0.25, 0.3) is 0 Å². The molecule has 0 aliphatic carbocycles. The fourth-order valence-corrected chi connectivity index (χ4v) is 2.50. The quantitative estimate of drug-likeness (QED) is 0.819. The van der Waals surface area contributed by atoms with Crippen molar-refractivity contribution in [3.8, 4) is 11.5 Å². The molecule has 0 amide bonds. The van der Waals surface area contributed by atoms with Crippen LogP contribution in [-0.2, 0) is 0 Å². The molecule has 0 bridgehead atoms. The molecule has 2 rings (SSSR count). The van der Waals surface area contributed by atoms with E-state index in [1.54, 1.807) is 0 Å². The Labute approximate surface area is 122 Å². The molecule has 2 atom stereocenters. The molecular weight excluding hydrogens is 250 g/mol. The minimum atomic E-state index is 0.403. The lowest BCUT2D eigenvalue weighted by Crippen LogP contribution is -2.24. The van der Waals surface area contributed by atoms with Crippen LogP contribution in [0.1, 0.15) is 51.6 Å². The first-order valence-corrected chi connectivity index (χ1v) is 7.87. The van der Waals surface area contributed by atoms with E-state index in [1.807, 2.05) is 6.07 Å². The molecule has 112 valence electrons. The zero-order valence-electron chi connectivity index (χ0n) is 12.9. The molecule has 0 aromatic heterocycles. The SMILES string of the molecule is CCCNC(CC(C)CC)c1ccc2c(c1)OCCO2. The molecule has 0 saturated heterocycles. The van der Waals surface area contributed by atoms with Crippen LogP contribution < -0.4 is 14.8 Å². The average molecular weight is 277 g/mol. The Morgan fingerprint density at radius 1 is 1.15 bits per heavy atom. The Balaban J connectivity index is 2.14. The zero-order valence-corrected chi connectivity index (χ0v) is 12.9. The highest BCUT2D eigenvalue weighted by Crippen LogP contribution is 2.34. The summed E-state index contributed by atoms with van der Waals surface area (Å²) in [5.74, 6) is 2.48. The summed E-state index contributed by atoms with van der Waals surface area (Å²) in [5, 5.41) is 3.66. The molecule has 20 heavy (non-hydrogen) atoms. The van der Waals surface area contributed by atoms with Gasteiger partial charge in [0.1, 0.15) is 13.2 Å². The first kappa shape index (κ1) is 15.2. The number of ether oxygens (including phenoxy) is 2. The highest BCUT2D eigenvalue weighted by Gasteiger charge is 2.18. The van der Waals surface area contributed by atoms with E-state index in [2.05, 4.69) is 38.2 Å². The van der Waals surface area contributed by atoms with Gasteiger partial charge in [-0.3, -0.25) is 0 Å². The summed E-state index contributed by atoms with van der Waals surface area (Å²) < 4.78 is 11.3. The van der Waals surface area contributed by atoms with Crippen LogP contribution in [0.2, 0.25) is 0 Å². The normalized spacial score (nSPS) is 16.8. The van der Waals surface area contributed by atoms with Gasteiger partial charge < -0.3 is 14.8 Å². The van der Waals surface area contributed by atoms with Crippen molar-refractivity contribution >= 4 is 0 Å². The average Bonchev–Trinajstić information content (AvgIpc) is 2.50. The molecule has 1 aliphatic rings. The molecule has 1 heterocycles. The number of benzene rings is 1. The molecule has 0 saturated carbocycles. The fourth-order valence-electron chi connectivity index (χ4n) is 2.50. The zero-order chi connectivity index (χ0) is 14.4. The molecule has 1 aromatic carbocycles. The molecular formula is C17H27NO2. The summed E-state index contributed by atoms with van der Waals surface area (Å²) in [6.07, 6.45) is 3.53. The molecule has 2 unspecified atom stereocenters. The lowest BCUT2D eigenvalue weighted by Gasteiger charge is -2.24. The third-order valence-electron chi connectivity index (χ3n) is 3.94. The minimum absolute atomic E-state index is 0.403. The molecule has 1 N–H and O–H groups in total. The van der Waals surface area contributed by atoms with Crippen LogP contribution in [0.3, 0.4) is 0 Å².